The van der Waals surface area contributed by atoms with E-state index < -0.39 is 27.5 Å². The molecule has 0 aliphatic carbocycles. The Kier molecular flexibility index (Phi) is 4.60. The lowest BCUT2D eigenvalue weighted by molar-refractivity contribution is -0.138. The second-order valence-electron chi connectivity index (χ2n) is 5.07. The van der Waals surface area contributed by atoms with E-state index in [1.165, 1.54) is 22.5 Å². The van der Waals surface area contributed by atoms with Gasteiger partial charge in [0.25, 0.3) is 0 Å². The predicted octanol–water partition coefficient (Wildman–Crippen LogP) is 1.83. The van der Waals surface area contributed by atoms with E-state index in [0.717, 1.165) is 6.07 Å². The number of nitrogens with zero attached hydrogens (tertiary/aromatic N) is 1. The fourth-order valence-corrected chi connectivity index (χ4v) is 4.24. The van der Waals surface area contributed by atoms with Crippen LogP contribution in [0.15, 0.2) is 24.3 Å². The van der Waals surface area contributed by atoms with Gasteiger partial charge in [-0.3, -0.25) is 0 Å². The van der Waals surface area contributed by atoms with Crippen LogP contribution in [0.3, 0.4) is 0 Å². The summed E-state index contributed by atoms with van der Waals surface area (Å²) >= 11 is 0. The highest BCUT2D eigenvalue weighted by Gasteiger charge is 2.36. The molecule has 0 saturated carbocycles. The molecule has 1 aromatic rings. The van der Waals surface area contributed by atoms with Crippen LogP contribution in [0.4, 0.5) is 13.2 Å². The van der Waals surface area contributed by atoms with Crippen molar-refractivity contribution in [1.29, 1.82) is 0 Å². The molecule has 118 valence electrons. The standard InChI is InChI=1S/C13H17F3N2O2S/c1-10-8-17-6-7-18(10)21(19,20)9-11-4-2-3-5-12(11)13(14,15)16/h2-5,10,17H,6-9H2,1H3/t10-/m0/s1. The number of rotatable bonds is 3. The third kappa shape index (κ3) is 3.75. The number of benzene rings is 1. The summed E-state index contributed by atoms with van der Waals surface area (Å²) in [6.07, 6.45) is -4.55. The van der Waals surface area contributed by atoms with Crippen molar-refractivity contribution in [2.75, 3.05) is 19.6 Å². The van der Waals surface area contributed by atoms with Gasteiger partial charge in [0.15, 0.2) is 0 Å². The smallest absolute Gasteiger partial charge is 0.314 e. The molecule has 1 aromatic carbocycles. The molecule has 1 heterocycles. The summed E-state index contributed by atoms with van der Waals surface area (Å²) in [6, 6.07) is 4.54. The number of hydrogen-bond acceptors (Lipinski definition) is 3. The number of halogens is 3. The summed E-state index contributed by atoms with van der Waals surface area (Å²) in [5, 5.41) is 3.05. The number of piperazine rings is 1. The van der Waals surface area contributed by atoms with Gasteiger partial charge in [-0.15, -0.1) is 0 Å². The molecule has 0 amide bonds. The molecule has 0 aromatic heterocycles. The van der Waals surface area contributed by atoms with E-state index >= 15 is 0 Å². The first-order valence-corrected chi connectivity index (χ1v) is 8.18. The average Bonchev–Trinajstić information content (AvgIpc) is 2.38. The van der Waals surface area contributed by atoms with Gasteiger partial charge in [0, 0.05) is 25.7 Å². The SMILES string of the molecule is C[C@H]1CNCCN1S(=O)(=O)Cc1ccccc1C(F)(F)F. The van der Waals surface area contributed by atoms with Crippen molar-refractivity contribution in [2.45, 2.75) is 24.9 Å². The van der Waals surface area contributed by atoms with Gasteiger partial charge in [0.1, 0.15) is 0 Å². The first kappa shape index (κ1) is 16.3. The van der Waals surface area contributed by atoms with Crippen LogP contribution < -0.4 is 5.32 Å². The topological polar surface area (TPSA) is 49.4 Å². The number of alkyl halides is 3. The summed E-state index contributed by atoms with van der Waals surface area (Å²) in [5.41, 5.74) is -1.10. The van der Waals surface area contributed by atoms with E-state index in [4.69, 9.17) is 0 Å². The highest BCUT2D eigenvalue weighted by Crippen LogP contribution is 2.33. The van der Waals surface area contributed by atoms with Crippen molar-refractivity contribution >= 4 is 10.0 Å². The second kappa shape index (κ2) is 5.94. The highest BCUT2D eigenvalue weighted by molar-refractivity contribution is 7.88. The third-order valence-electron chi connectivity index (χ3n) is 3.46. The third-order valence-corrected chi connectivity index (χ3v) is 5.39. The zero-order valence-corrected chi connectivity index (χ0v) is 12.3. The number of hydrogen-bond donors (Lipinski definition) is 1. The molecule has 1 N–H and O–H groups in total. The lowest BCUT2D eigenvalue weighted by Crippen LogP contribution is -2.52. The maximum atomic E-state index is 12.9. The van der Waals surface area contributed by atoms with Crippen LogP contribution >= 0.6 is 0 Å². The molecule has 0 spiro atoms. The Morgan fingerprint density at radius 2 is 2.00 bits per heavy atom. The van der Waals surface area contributed by atoms with Gasteiger partial charge in [0.2, 0.25) is 10.0 Å². The van der Waals surface area contributed by atoms with Gasteiger partial charge in [-0.05, 0) is 18.6 Å². The molecular formula is C13H17F3N2O2S. The molecule has 1 aliphatic heterocycles. The molecule has 0 unspecified atom stereocenters. The predicted molar refractivity (Wildman–Crippen MR) is 73.1 cm³/mol. The molecule has 21 heavy (non-hydrogen) atoms. The highest BCUT2D eigenvalue weighted by atomic mass is 32.2. The van der Waals surface area contributed by atoms with Crippen molar-refractivity contribution in [2.24, 2.45) is 0 Å². The maximum absolute atomic E-state index is 12.9. The van der Waals surface area contributed by atoms with Crippen LogP contribution in [0.1, 0.15) is 18.1 Å². The lowest BCUT2D eigenvalue weighted by Gasteiger charge is -2.33. The summed E-state index contributed by atoms with van der Waals surface area (Å²) < 4.78 is 64.8. The van der Waals surface area contributed by atoms with E-state index in [2.05, 4.69) is 5.32 Å². The van der Waals surface area contributed by atoms with Gasteiger partial charge in [-0.1, -0.05) is 18.2 Å². The van der Waals surface area contributed by atoms with Gasteiger partial charge in [-0.2, -0.15) is 17.5 Å². The Morgan fingerprint density at radius 3 is 2.62 bits per heavy atom. The Balaban J connectivity index is 2.29. The number of nitrogens with one attached hydrogen (secondary N) is 1. The Bertz CT molecular complexity index is 602. The van der Waals surface area contributed by atoms with Crippen LogP contribution in [0.2, 0.25) is 0 Å². The van der Waals surface area contributed by atoms with Gasteiger partial charge >= 0.3 is 6.18 Å². The van der Waals surface area contributed by atoms with Crippen LogP contribution in [-0.4, -0.2) is 38.4 Å². The molecule has 1 saturated heterocycles. The zero-order valence-electron chi connectivity index (χ0n) is 11.5. The van der Waals surface area contributed by atoms with E-state index in [1.807, 2.05) is 0 Å². The minimum atomic E-state index is -4.55. The summed E-state index contributed by atoms with van der Waals surface area (Å²) in [5.74, 6) is -0.632. The van der Waals surface area contributed by atoms with Gasteiger partial charge < -0.3 is 5.32 Å². The molecule has 1 fully saturated rings. The van der Waals surface area contributed by atoms with E-state index in [0.29, 0.717) is 13.1 Å². The number of sulfonamides is 1. The van der Waals surface area contributed by atoms with E-state index in [1.54, 1.807) is 6.92 Å². The van der Waals surface area contributed by atoms with Gasteiger partial charge in [0.05, 0.1) is 11.3 Å². The van der Waals surface area contributed by atoms with Crippen LogP contribution in [0.25, 0.3) is 0 Å². The minimum Gasteiger partial charge on any atom is -0.314 e. The summed E-state index contributed by atoms with van der Waals surface area (Å²) in [7, 11) is -3.78. The average molecular weight is 322 g/mol. The first-order valence-electron chi connectivity index (χ1n) is 6.57. The minimum absolute atomic E-state index is 0.212. The maximum Gasteiger partial charge on any atom is 0.416 e. The van der Waals surface area contributed by atoms with Crippen molar-refractivity contribution < 1.29 is 21.6 Å². The zero-order chi connectivity index (χ0) is 15.7. The fraction of sp³-hybridized carbons (Fsp3) is 0.538. The van der Waals surface area contributed by atoms with E-state index in [-0.39, 0.29) is 18.2 Å². The molecule has 8 heteroatoms. The quantitative estimate of drug-likeness (QED) is 0.924. The molecule has 4 nitrogen and oxygen atoms in total. The Labute approximate surface area is 122 Å². The normalized spacial score (nSPS) is 21.4. The lowest BCUT2D eigenvalue weighted by atomic mass is 10.1. The summed E-state index contributed by atoms with van der Waals surface area (Å²) in [6.45, 7) is 3.02. The molecule has 1 atom stereocenters. The molecule has 0 bridgehead atoms. The monoisotopic (exact) mass is 322 g/mol. The largest absolute Gasteiger partial charge is 0.416 e. The van der Waals surface area contributed by atoms with E-state index in [9.17, 15) is 21.6 Å². The molecule has 1 aliphatic rings. The Morgan fingerprint density at radius 1 is 1.33 bits per heavy atom. The second-order valence-corrected chi connectivity index (χ2v) is 7.00. The Hall–Kier alpha value is -1.12. The van der Waals surface area contributed by atoms with Crippen LogP contribution in [-0.2, 0) is 22.0 Å². The van der Waals surface area contributed by atoms with Crippen LogP contribution in [0, 0.1) is 0 Å². The van der Waals surface area contributed by atoms with Crippen molar-refractivity contribution in [1.82, 2.24) is 9.62 Å². The van der Waals surface area contributed by atoms with Crippen molar-refractivity contribution in [3.8, 4) is 0 Å². The van der Waals surface area contributed by atoms with Gasteiger partial charge in [-0.25, -0.2) is 8.42 Å². The first-order chi connectivity index (χ1) is 9.72. The molecule has 0 radical (unpaired) electrons. The van der Waals surface area contributed by atoms with Crippen molar-refractivity contribution in [3.05, 3.63) is 35.4 Å². The molecular weight excluding hydrogens is 305 g/mol. The molecule has 2 rings (SSSR count). The summed E-state index contributed by atoms with van der Waals surface area (Å²) in [4.78, 5) is 0. The van der Waals surface area contributed by atoms with Crippen LogP contribution in [0.5, 0.6) is 0 Å². The fourth-order valence-electron chi connectivity index (χ4n) is 2.44. The van der Waals surface area contributed by atoms with Crippen molar-refractivity contribution in [3.63, 3.8) is 0 Å².